The van der Waals surface area contributed by atoms with Gasteiger partial charge in [0.15, 0.2) is 6.10 Å². The molecular formula is C16H23NO7. The van der Waals surface area contributed by atoms with E-state index in [2.05, 4.69) is 10.1 Å². The lowest BCUT2D eigenvalue weighted by Gasteiger charge is -2.22. The van der Waals surface area contributed by atoms with E-state index in [1.807, 2.05) is 0 Å². The summed E-state index contributed by atoms with van der Waals surface area (Å²) in [5, 5.41) is 12.4. The smallest absolute Gasteiger partial charge is 0.407 e. The summed E-state index contributed by atoms with van der Waals surface area (Å²) in [4.78, 5) is 23.0. The Bertz CT molecular complexity index is 518. The lowest BCUT2D eigenvalue weighted by molar-refractivity contribution is -0.152. The second-order valence-electron chi connectivity index (χ2n) is 4.75. The average Bonchev–Trinajstić information content (AvgIpc) is 2.60. The SMILES string of the molecule is CCOC(=O)N[C@@H](CCOc1ccc(OC)cc1)[C@@H](O)C(=O)OC. The fourth-order valence-electron chi connectivity index (χ4n) is 1.89. The van der Waals surface area contributed by atoms with E-state index in [4.69, 9.17) is 14.2 Å². The quantitative estimate of drug-likeness (QED) is 0.649. The monoisotopic (exact) mass is 341 g/mol. The van der Waals surface area contributed by atoms with Crippen molar-refractivity contribution in [2.24, 2.45) is 0 Å². The van der Waals surface area contributed by atoms with Gasteiger partial charge in [0.1, 0.15) is 11.5 Å². The minimum Gasteiger partial charge on any atom is -0.497 e. The molecule has 134 valence electrons. The number of aliphatic hydroxyl groups is 1. The third kappa shape index (κ3) is 6.33. The minimum absolute atomic E-state index is 0.164. The number of nitrogens with one attached hydrogen (secondary N) is 1. The molecule has 0 unspecified atom stereocenters. The highest BCUT2D eigenvalue weighted by Crippen LogP contribution is 2.17. The first-order valence-electron chi connectivity index (χ1n) is 7.47. The van der Waals surface area contributed by atoms with E-state index in [9.17, 15) is 14.7 Å². The lowest BCUT2D eigenvalue weighted by Crippen LogP contribution is -2.48. The highest BCUT2D eigenvalue weighted by atomic mass is 16.6. The Hall–Kier alpha value is -2.48. The number of ether oxygens (including phenoxy) is 4. The number of carbonyl (C=O) groups excluding carboxylic acids is 2. The van der Waals surface area contributed by atoms with Gasteiger partial charge in [0.2, 0.25) is 0 Å². The van der Waals surface area contributed by atoms with Gasteiger partial charge in [-0.25, -0.2) is 9.59 Å². The van der Waals surface area contributed by atoms with Crippen molar-refractivity contribution >= 4 is 12.1 Å². The van der Waals surface area contributed by atoms with Crippen LogP contribution in [0, 0.1) is 0 Å². The maximum Gasteiger partial charge on any atom is 0.407 e. The van der Waals surface area contributed by atoms with Crippen LogP contribution in [-0.2, 0) is 14.3 Å². The maximum absolute atomic E-state index is 11.5. The van der Waals surface area contributed by atoms with Crippen LogP contribution in [0.4, 0.5) is 4.79 Å². The number of benzene rings is 1. The van der Waals surface area contributed by atoms with Gasteiger partial charge in [0.25, 0.3) is 0 Å². The average molecular weight is 341 g/mol. The molecule has 0 saturated heterocycles. The van der Waals surface area contributed by atoms with E-state index in [1.165, 1.54) is 0 Å². The van der Waals surface area contributed by atoms with Crippen molar-refractivity contribution in [3.8, 4) is 11.5 Å². The molecule has 0 fully saturated rings. The first kappa shape index (κ1) is 19.6. The molecule has 0 aliphatic carbocycles. The van der Waals surface area contributed by atoms with Crippen LogP contribution >= 0.6 is 0 Å². The van der Waals surface area contributed by atoms with E-state index in [-0.39, 0.29) is 19.6 Å². The van der Waals surface area contributed by atoms with Crippen LogP contribution in [0.1, 0.15) is 13.3 Å². The van der Waals surface area contributed by atoms with Crippen molar-refractivity contribution in [3.63, 3.8) is 0 Å². The van der Waals surface area contributed by atoms with Crippen LogP contribution in [0.2, 0.25) is 0 Å². The number of aliphatic hydroxyl groups excluding tert-OH is 1. The summed E-state index contributed by atoms with van der Waals surface area (Å²) < 4.78 is 19.8. The van der Waals surface area contributed by atoms with Gasteiger partial charge >= 0.3 is 12.1 Å². The number of rotatable bonds is 9. The summed E-state index contributed by atoms with van der Waals surface area (Å²) in [6, 6.07) is 6.04. The predicted octanol–water partition coefficient (Wildman–Crippen LogP) is 1.11. The minimum atomic E-state index is -1.51. The first-order chi connectivity index (χ1) is 11.5. The predicted molar refractivity (Wildman–Crippen MR) is 85.1 cm³/mol. The Balaban J connectivity index is 2.59. The second kappa shape index (κ2) is 10.3. The standard InChI is InChI=1S/C16H23NO7/c1-4-23-16(20)17-13(14(18)15(19)22-3)9-10-24-12-7-5-11(21-2)6-8-12/h5-8,13-14,18H,4,9-10H2,1-3H3,(H,17,20)/t13-,14+/m0/s1. The molecule has 0 spiro atoms. The molecule has 0 aromatic heterocycles. The molecule has 2 N–H and O–H groups in total. The van der Waals surface area contributed by atoms with E-state index in [1.54, 1.807) is 38.3 Å². The fourth-order valence-corrected chi connectivity index (χ4v) is 1.89. The van der Waals surface area contributed by atoms with Gasteiger partial charge in [-0.15, -0.1) is 0 Å². The van der Waals surface area contributed by atoms with Crippen LogP contribution < -0.4 is 14.8 Å². The summed E-state index contributed by atoms with van der Waals surface area (Å²) in [6.07, 6.45) is -2.06. The summed E-state index contributed by atoms with van der Waals surface area (Å²) in [5.41, 5.74) is 0. The van der Waals surface area contributed by atoms with Gasteiger partial charge in [-0.2, -0.15) is 0 Å². The molecular weight excluding hydrogens is 318 g/mol. The van der Waals surface area contributed by atoms with Crippen LogP contribution in [0.15, 0.2) is 24.3 Å². The fraction of sp³-hybridized carbons (Fsp3) is 0.500. The molecule has 8 nitrogen and oxygen atoms in total. The van der Waals surface area contributed by atoms with E-state index in [0.717, 1.165) is 7.11 Å². The number of hydrogen-bond acceptors (Lipinski definition) is 7. The first-order valence-corrected chi connectivity index (χ1v) is 7.47. The molecule has 0 heterocycles. The third-order valence-corrected chi connectivity index (χ3v) is 3.16. The Morgan fingerprint density at radius 3 is 2.33 bits per heavy atom. The van der Waals surface area contributed by atoms with Gasteiger partial charge < -0.3 is 29.4 Å². The van der Waals surface area contributed by atoms with Gasteiger partial charge in [-0.1, -0.05) is 0 Å². The van der Waals surface area contributed by atoms with Crippen LogP contribution in [0.5, 0.6) is 11.5 Å². The summed E-state index contributed by atoms with van der Waals surface area (Å²) in [5.74, 6) is 0.449. The Morgan fingerprint density at radius 2 is 1.79 bits per heavy atom. The van der Waals surface area contributed by atoms with E-state index < -0.39 is 24.2 Å². The Labute approximate surface area is 140 Å². The number of methoxy groups -OCH3 is 2. The highest BCUT2D eigenvalue weighted by Gasteiger charge is 2.28. The van der Waals surface area contributed by atoms with Crippen molar-refractivity contribution in [2.75, 3.05) is 27.4 Å². The summed E-state index contributed by atoms with van der Waals surface area (Å²) in [7, 11) is 2.72. The Morgan fingerprint density at radius 1 is 1.17 bits per heavy atom. The van der Waals surface area contributed by atoms with Gasteiger partial charge in [-0.05, 0) is 31.2 Å². The van der Waals surface area contributed by atoms with Crippen LogP contribution in [0.25, 0.3) is 0 Å². The molecule has 0 aliphatic heterocycles. The maximum atomic E-state index is 11.5. The normalized spacial score (nSPS) is 12.7. The van der Waals surface area contributed by atoms with Crippen molar-refractivity contribution < 1.29 is 33.6 Å². The number of hydrogen-bond donors (Lipinski definition) is 2. The van der Waals surface area contributed by atoms with Gasteiger partial charge in [-0.3, -0.25) is 0 Å². The lowest BCUT2D eigenvalue weighted by atomic mass is 10.1. The molecule has 24 heavy (non-hydrogen) atoms. The molecule has 1 rings (SSSR count). The van der Waals surface area contributed by atoms with Crippen molar-refractivity contribution in [3.05, 3.63) is 24.3 Å². The number of esters is 1. The van der Waals surface area contributed by atoms with E-state index >= 15 is 0 Å². The van der Waals surface area contributed by atoms with Crippen molar-refractivity contribution in [1.29, 1.82) is 0 Å². The van der Waals surface area contributed by atoms with E-state index in [0.29, 0.717) is 11.5 Å². The van der Waals surface area contributed by atoms with Gasteiger partial charge in [0.05, 0.1) is 33.5 Å². The van der Waals surface area contributed by atoms with Crippen LogP contribution in [-0.4, -0.2) is 56.7 Å². The van der Waals surface area contributed by atoms with Crippen molar-refractivity contribution in [2.45, 2.75) is 25.5 Å². The number of carbonyl (C=O) groups is 2. The topological polar surface area (TPSA) is 103 Å². The zero-order valence-corrected chi connectivity index (χ0v) is 14.0. The van der Waals surface area contributed by atoms with Crippen molar-refractivity contribution in [1.82, 2.24) is 5.32 Å². The number of alkyl carbamates (subject to hydrolysis) is 1. The highest BCUT2D eigenvalue weighted by molar-refractivity contribution is 5.76. The molecule has 1 aromatic carbocycles. The molecule has 0 bridgehead atoms. The molecule has 0 radical (unpaired) electrons. The molecule has 8 heteroatoms. The number of amides is 1. The molecule has 0 saturated carbocycles. The van der Waals surface area contributed by atoms with Crippen LogP contribution in [0.3, 0.4) is 0 Å². The zero-order chi connectivity index (χ0) is 17.9. The molecule has 0 aliphatic rings. The summed E-state index contributed by atoms with van der Waals surface area (Å²) in [6.45, 7) is 1.99. The third-order valence-electron chi connectivity index (χ3n) is 3.16. The molecule has 2 atom stereocenters. The summed E-state index contributed by atoms with van der Waals surface area (Å²) >= 11 is 0. The second-order valence-corrected chi connectivity index (χ2v) is 4.75. The van der Waals surface area contributed by atoms with Gasteiger partial charge in [0, 0.05) is 6.42 Å². The zero-order valence-electron chi connectivity index (χ0n) is 14.0. The largest absolute Gasteiger partial charge is 0.497 e. The molecule has 1 amide bonds. The Kier molecular flexibility index (Phi) is 8.42. The molecule has 1 aromatic rings.